The van der Waals surface area contributed by atoms with E-state index >= 15 is 0 Å². The zero-order chi connectivity index (χ0) is 6.97. The molecule has 1 aliphatic rings. The first-order valence-corrected chi connectivity index (χ1v) is 4.31. The minimum absolute atomic E-state index is 0.803. The third kappa shape index (κ3) is 0.966. The van der Waals surface area contributed by atoms with E-state index in [0.717, 1.165) is 11.8 Å². The molecule has 0 saturated heterocycles. The summed E-state index contributed by atoms with van der Waals surface area (Å²) in [4.78, 5) is 0. The molecule has 0 bridgehead atoms. The summed E-state index contributed by atoms with van der Waals surface area (Å²) in [7, 11) is 0. The summed E-state index contributed by atoms with van der Waals surface area (Å²) in [6.45, 7) is 0. The van der Waals surface area contributed by atoms with Crippen molar-refractivity contribution in [3.05, 3.63) is 24.0 Å². The molecule has 0 radical (unpaired) electrons. The Morgan fingerprint density at radius 2 is 2.40 bits per heavy atom. The monoisotopic (exact) mass is 153 g/mol. The van der Waals surface area contributed by atoms with Crippen LogP contribution in [-0.2, 0) is 5.75 Å². The molecule has 1 aliphatic carbocycles. The second kappa shape index (κ2) is 2.35. The minimum Gasteiger partial charge on any atom is -0.348 e. The first-order chi connectivity index (χ1) is 4.92. The fourth-order valence-electron chi connectivity index (χ4n) is 1.27. The molecule has 1 fully saturated rings. The van der Waals surface area contributed by atoms with Gasteiger partial charge in [0.2, 0.25) is 0 Å². The molecule has 0 N–H and O–H groups in total. The summed E-state index contributed by atoms with van der Waals surface area (Å²) >= 11 is 4.25. The fraction of sp³-hybridized carbons (Fsp3) is 0.500. The Bertz CT molecular complexity index is 225. The van der Waals surface area contributed by atoms with Crippen molar-refractivity contribution in [2.24, 2.45) is 0 Å². The number of thiol groups is 1. The molecule has 1 aromatic heterocycles. The maximum atomic E-state index is 4.25. The van der Waals surface area contributed by atoms with E-state index in [4.69, 9.17) is 0 Å². The maximum Gasteiger partial charge on any atom is 0.0335 e. The second-order valence-electron chi connectivity index (χ2n) is 2.80. The maximum absolute atomic E-state index is 4.25. The summed E-state index contributed by atoms with van der Waals surface area (Å²) < 4.78 is 2.34. The predicted molar refractivity (Wildman–Crippen MR) is 45.4 cm³/mol. The molecule has 1 aromatic rings. The average Bonchev–Trinajstić information content (AvgIpc) is 2.69. The topological polar surface area (TPSA) is 4.93 Å². The van der Waals surface area contributed by atoms with Crippen LogP contribution in [0.15, 0.2) is 18.3 Å². The van der Waals surface area contributed by atoms with E-state index in [-0.39, 0.29) is 0 Å². The van der Waals surface area contributed by atoms with Gasteiger partial charge in [-0.05, 0) is 25.0 Å². The Balaban J connectivity index is 2.28. The van der Waals surface area contributed by atoms with Crippen LogP contribution in [0.4, 0.5) is 0 Å². The Labute approximate surface area is 66.5 Å². The molecule has 10 heavy (non-hydrogen) atoms. The van der Waals surface area contributed by atoms with Crippen molar-refractivity contribution in [1.29, 1.82) is 0 Å². The van der Waals surface area contributed by atoms with Crippen molar-refractivity contribution in [3.63, 3.8) is 0 Å². The van der Waals surface area contributed by atoms with Crippen LogP contribution in [0.25, 0.3) is 0 Å². The first kappa shape index (κ1) is 6.35. The lowest BCUT2D eigenvalue weighted by molar-refractivity contribution is 0.719. The zero-order valence-electron chi connectivity index (χ0n) is 5.83. The minimum atomic E-state index is 0.803. The molecule has 2 rings (SSSR count). The molecular formula is C8H11NS. The van der Waals surface area contributed by atoms with Crippen molar-refractivity contribution in [2.45, 2.75) is 24.6 Å². The first-order valence-electron chi connectivity index (χ1n) is 3.68. The quantitative estimate of drug-likeness (QED) is 0.622. The normalized spacial score (nSPS) is 17.7. The SMILES string of the molecule is SCc1cccn1C1CC1. The van der Waals surface area contributed by atoms with Crippen molar-refractivity contribution in [1.82, 2.24) is 4.57 Å². The molecular weight excluding hydrogens is 142 g/mol. The predicted octanol–water partition coefficient (Wildman–Crippen LogP) is 2.25. The van der Waals surface area contributed by atoms with Gasteiger partial charge in [0.1, 0.15) is 0 Å². The lowest BCUT2D eigenvalue weighted by Gasteiger charge is -2.03. The average molecular weight is 153 g/mol. The van der Waals surface area contributed by atoms with E-state index in [1.807, 2.05) is 0 Å². The number of hydrogen-bond acceptors (Lipinski definition) is 1. The summed E-state index contributed by atoms with van der Waals surface area (Å²) in [6.07, 6.45) is 4.87. The van der Waals surface area contributed by atoms with Crippen molar-refractivity contribution < 1.29 is 0 Å². The molecule has 1 heterocycles. The molecule has 0 unspecified atom stereocenters. The lowest BCUT2D eigenvalue weighted by Crippen LogP contribution is -1.95. The lowest BCUT2D eigenvalue weighted by atomic mass is 10.5. The molecule has 1 saturated carbocycles. The van der Waals surface area contributed by atoms with Crippen LogP contribution in [0.3, 0.4) is 0 Å². The Morgan fingerprint density at radius 1 is 1.60 bits per heavy atom. The van der Waals surface area contributed by atoms with E-state index in [9.17, 15) is 0 Å². The molecule has 0 spiro atoms. The van der Waals surface area contributed by atoms with Gasteiger partial charge in [-0.2, -0.15) is 12.6 Å². The van der Waals surface area contributed by atoms with Crippen LogP contribution < -0.4 is 0 Å². The fourth-order valence-corrected chi connectivity index (χ4v) is 1.54. The molecule has 0 atom stereocenters. The van der Waals surface area contributed by atoms with E-state index in [1.165, 1.54) is 18.5 Å². The Kier molecular flexibility index (Phi) is 1.49. The van der Waals surface area contributed by atoms with Gasteiger partial charge in [0.15, 0.2) is 0 Å². The smallest absolute Gasteiger partial charge is 0.0335 e. The highest BCUT2D eigenvalue weighted by Gasteiger charge is 2.23. The van der Waals surface area contributed by atoms with Crippen LogP contribution in [-0.4, -0.2) is 4.57 Å². The second-order valence-corrected chi connectivity index (χ2v) is 3.11. The van der Waals surface area contributed by atoms with Gasteiger partial charge in [0.05, 0.1) is 0 Å². The highest BCUT2D eigenvalue weighted by atomic mass is 32.1. The van der Waals surface area contributed by atoms with Crippen molar-refractivity contribution >= 4 is 12.6 Å². The van der Waals surface area contributed by atoms with Gasteiger partial charge < -0.3 is 4.57 Å². The van der Waals surface area contributed by atoms with Gasteiger partial charge in [-0.25, -0.2) is 0 Å². The third-order valence-electron chi connectivity index (χ3n) is 1.97. The van der Waals surface area contributed by atoms with Crippen LogP contribution in [0, 0.1) is 0 Å². The molecule has 0 aliphatic heterocycles. The molecule has 0 aromatic carbocycles. The summed E-state index contributed by atoms with van der Waals surface area (Å²) in [6, 6.07) is 5.05. The van der Waals surface area contributed by atoms with E-state index in [0.29, 0.717) is 0 Å². The van der Waals surface area contributed by atoms with Gasteiger partial charge in [-0.3, -0.25) is 0 Å². The standard InChI is InChI=1S/C8H11NS/c10-6-8-2-1-5-9(8)7-3-4-7/h1-2,5,7,10H,3-4,6H2. The Hall–Kier alpha value is -0.370. The van der Waals surface area contributed by atoms with Crippen LogP contribution in [0.1, 0.15) is 24.6 Å². The summed E-state index contributed by atoms with van der Waals surface area (Å²) in [5.41, 5.74) is 1.35. The molecule has 1 nitrogen and oxygen atoms in total. The largest absolute Gasteiger partial charge is 0.348 e. The van der Waals surface area contributed by atoms with E-state index < -0.39 is 0 Å². The van der Waals surface area contributed by atoms with Crippen LogP contribution in [0.2, 0.25) is 0 Å². The number of aromatic nitrogens is 1. The Morgan fingerprint density at radius 3 is 3.00 bits per heavy atom. The van der Waals surface area contributed by atoms with Gasteiger partial charge in [0, 0.05) is 23.7 Å². The molecule has 54 valence electrons. The number of hydrogen-bond donors (Lipinski definition) is 1. The van der Waals surface area contributed by atoms with Gasteiger partial charge in [0.25, 0.3) is 0 Å². The van der Waals surface area contributed by atoms with Gasteiger partial charge in [-0.1, -0.05) is 0 Å². The molecule has 0 amide bonds. The highest BCUT2D eigenvalue weighted by Crippen LogP contribution is 2.36. The van der Waals surface area contributed by atoms with Gasteiger partial charge in [-0.15, -0.1) is 0 Å². The summed E-state index contributed by atoms with van der Waals surface area (Å²) in [5.74, 6) is 0.865. The summed E-state index contributed by atoms with van der Waals surface area (Å²) in [5, 5.41) is 0. The van der Waals surface area contributed by atoms with E-state index in [2.05, 4.69) is 35.5 Å². The third-order valence-corrected chi connectivity index (χ3v) is 2.29. The number of rotatable bonds is 2. The zero-order valence-corrected chi connectivity index (χ0v) is 6.72. The number of nitrogens with zero attached hydrogens (tertiary/aromatic N) is 1. The van der Waals surface area contributed by atoms with Crippen LogP contribution in [0.5, 0.6) is 0 Å². The van der Waals surface area contributed by atoms with Crippen LogP contribution >= 0.6 is 12.6 Å². The van der Waals surface area contributed by atoms with Crippen molar-refractivity contribution in [2.75, 3.05) is 0 Å². The highest BCUT2D eigenvalue weighted by molar-refractivity contribution is 7.79. The molecule has 2 heteroatoms. The van der Waals surface area contributed by atoms with Gasteiger partial charge >= 0.3 is 0 Å². The van der Waals surface area contributed by atoms with Crippen molar-refractivity contribution in [3.8, 4) is 0 Å². The van der Waals surface area contributed by atoms with E-state index in [1.54, 1.807) is 0 Å².